The van der Waals surface area contributed by atoms with Crippen LogP contribution in [0.15, 0.2) is 60.8 Å². The lowest BCUT2D eigenvalue weighted by atomic mass is 10.0. The molecular weight excluding hydrogens is 348 g/mol. The minimum absolute atomic E-state index is 0.0597. The first-order valence-electron chi connectivity index (χ1n) is 9.72. The molecule has 1 aliphatic rings. The third kappa shape index (κ3) is 3.71. The van der Waals surface area contributed by atoms with Crippen molar-refractivity contribution in [1.82, 2.24) is 20.0 Å². The lowest BCUT2D eigenvalue weighted by Gasteiger charge is -2.24. The molecule has 2 heterocycles. The Morgan fingerprint density at radius 1 is 1.07 bits per heavy atom. The smallest absolute Gasteiger partial charge is 0.235 e. The van der Waals surface area contributed by atoms with E-state index in [0.717, 1.165) is 11.3 Å². The van der Waals surface area contributed by atoms with E-state index < -0.39 is 0 Å². The number of carbonyl (C=O) groups is 1. The minimum Gasteiger partial charge on any atom is -0.335 e. The van der Waals surface area contributed by atoms with Crippen LogP contribution in [-0.4, -0.2) is 27.1 Å². The van der Waals surface area contributed by atoms with Crippen molar-refractivity contribution in [3.63, 3.8) is 0 Å². The van der Waals surface area contributed by atoms with Crippen LogP contribution in [0.2, 0.25) is 0 Å². The van der Waals surface area contributed by atoms with Crippen molar-refractivity contribution >= 4 is 5.91 Å². The molecule has 2 aromatic carbocycles. The van der Waals surface area contributed by atoms with Gasteiger partial charge < -0.3 is 5.32 Å². The van der Waals surface area contributed by atoms with Crippen molar-refractivity contribution < 1.29 is 4.79 Å². The highest BCUT2D eigenvalue weighted by atomic mass is 16.2. The number of nitrogens with one attached hydrogen (secondary N) is 1. The zero-order valence-corrected chi connectivity index (χ0v) is 16.6. The van der Waals surface area contributed by atoms with Gasteiger partial charge in [-0.3, -0.25) is 14.4 Å². The monoisotopic (exact) mass is 374 g/mol. The van der Waals surface area contributed by atoms with E-state index in [1.54, 1.807) is 0 Å². The molecule has 4 rings (SSSR count). The van der Waals surface area contributed by atoms with Gasteiger partial charge in [-0.25, -0.2) is 0 Å². The quantitative estimate of drug-likeness (QED) is 0.738. The fourth-order valence-corrected chi connectivity index (χ4v) is 3.84. The molecule has 0 aliphatic carbocycles. The van der Waals surface area contributed by atoms with Crippen molar-refractivity contribution in [1.29, 1.82) is 0 Å². The topological polar surface area (TPSA) is 50.2 Å². The number of aryl methyl sites for hydroxylation is 1. The summed E-state index contributed by atoms with van der Waals surface area (Å²) in [5, 5.41) is 7.73. The lowest BCUT2D eigenvalue weighted by Crippen LogP contribution is -2.28. The molecule has 144 valence electrons. The number of hydrogen-bond acceptors (Lipinski definition) is 3. The van der Waals surface area contributed by atoms with Crippen molar-refractivity contribution in [3.8, 4) is 11.1 Å². The van der Waals surface area contributed by atoms with Crippen molar-refractivity contribution in [2.45, 2.75) is 32.5 Å². The van der Waals surface area contributed by atoms with Gasteiger partial charge >= 0.3 is 0 Å². The minimum atomic E-state index is -0.132. The van der Waals surface area contributed by atoms with Crippen molar-refractivity contribution in [3.05, 3.63) is 77.6 Å². The van der Waals surface area contributed by atoms with Gasteiger partial charge in [0.05, 0.1) is 12.2 Å². The van der Waals surface area contributed by atoms with E-state index in [4.69, 9.17) is 0 Å². The number of amides is 1. The number of carbonyl (C=O) groups excluding carboxylic acids is 1. The molecule has 28 heavy (non-hydrogen) atoms. The summed E-state index contributed by atoms with van der Waals surface area (Å²) in [6.45, 7) is 5.38. The predicted octanol–water partition coefficient (Wildman–Crippen LogP) is 3.84. The van der Waals surface area contributed by atoms with Gasteiger partial charge in [-0.05, 0) is 22.6 Å². The third-order valence-corrected chi connectivity index (χ3v) is 5.18. The van der Waals surface area contributed by atoms with Crippen LogP contribution in [0.25, 0.3) is 11.1 Å². The van der Waals surface area contributed by atoms with Gasteiger partial charge in [0.2, 0.25) is 5.91 Å². The molecular formula is C23H26N4O. The summed E-state index contributed by atoms with van der Waals surface area (Å²) in [4.78, 5) is 14.4. The average Bonchev–Trinajstić information content (AvgIpc) is 3.25. The second-order valence-electron chi connectivity index (χ2n) is 7.74. The molecule has 0 saturated carbocycles. The van der Waals surface area contributed by atoms with Gasteiger partial charge in [0.1, 0.15) is 6.17 Å². The number of aromatic nitrogens is 2. The molecule has 1 amide bonds. The van der Waals surface area contributed by atoms with E-state index in [9.17, 15) is 4.79 Å². The Labute approximate surface area is 166 Å². The van der Waals surface area contributed by atoms with E-state index in [1.807, 2.05) is 24.0 Å². The maximum atomic E-state index is 12.2. The zero-order chi connectivity index (χ0) is 19.7. The highest BCUT2D eigenvalue weighted by molar-refractivity contribution is 5.80. The Morgan fingerprint density at radius 3 is 2.43 bits per heavy atom. The highest BCUT2D eigenvalue weighted by Crippen LogP contribution is 2.30. The molecule has 0 spiro atoms. The van der Waals surface area contributed by atoms with E-state index in [-0.39, 0.29) is 12.1 Å². The number of hydrogen-bond donors (Lipinski definition) is 1. The molecule has 5 heteroatoms. The SMILES string of the molecule is CC(C)c1nn(C)cc1[C@H]1NC(=O)CN1Cc1ccc(-c2ccccc2)cc1. The molecule has 0 bridgehead atoms. The molecule has 1 atom stereocenters. The fraction of sp³-hybridized carbons (Fsp3) is 0.304. The van der Waals surface area contributed by atoms with Crippen LogP contribution in [-0.2, 0) is 18.4 Å². The Kier molecular flexibility index (Phi) is 5.01. The van der Waals surface area contributed by atoms with Crippen LogP contribution in [0, 0.1) is 0 Å². The lowest BCUT2D eigenvalue weighted by molar-refractivity contribution is -0.118. The first kappa shape index (κ1) is 18.4. The molecule has 0 unspecified atom stereocenters. The summed E-state index contributed by atoms with van der Waals surface area (Å²) in [7, 11) is 1.93. The van der Waals surface area contributed by atoms with Crippen molar-refractivity contribution in [2.24, 2.45) is 7.05 Å². The fourth-order valence-electron chi connectivity index (χ4n) is 3.84. The van der Waals surface area contributed by atoms with Crippen LogP contribution >= 0.6 is 0 Å². The standard InChI is InChI=1S/C23H26N4O/c1-16(2)22-20(14-26(3)25-22)23-24-21(28)15-27(23)13-17-9-11-19(12-10-17)18-7-5-4-6-8-18/h4-12,14,16,23H,13,15H2,1-3H3,(H,24,28)/t23-/m0/s1. The molecule has 1 saturated heterocycles. The molecule has 1 aliphatic heterocycles. The van der Waals surface area contributed by atoms with E-state index in [0.29, 0.717) is 19.0 Å². The molecule has 1 N–H and O–H groups in total. The van der Waals surface area contributed by atoms with Gasteiger partial charge in [0.25, 0.3) is 0 Å². The van der Waals surface area contributed by atoms with Crippen LogP contribution < -0.4 is 5.32 Å². The summed E-state index contributed by atoms with van der Waals surface area (Å²) in [6, 6.07) is 18.9. The third-order valence-electron chi connectivity index (χ3n) is 5.18. The second kappa shape index (κ2) is 7.60. The van der Waals surface area contributed by atoms with E-state index in [2.05, 4.69) is 77.7 Å². The van der Waals surface area contributed by atoms with Gasteiger partial charge in [0, 0.05) is 25.4 Å². The number of nitrogens with zero attached hydrogens (tertiary/aromatic N) is 3. The first-order valence-corrected chi connectivity index (χ1v) is 9.72. The Hall–Kier alpha value is -2.92. The number of benzene rings is 2. The molecule has 3 aromatic rings. The van der Waals surface area contributed by atoms with Crippen LogP contribution in [0.1, 0.15) is 42.8 Å². The normalized spacial score (nSPS) is 17.3. The van der Waals surface area contributed by atoms with E-state index >= 15 is 0 Å². The second-order valence-corrected chi connectivity index (χ2v) is 7.74. The van der Waals surface area contributed by atoms with E-state index in [1.165, 1.54) is 16.7 Å². The van der Waals surface area contributed by atoms with Gasteiger partial charge in [-0.15, -0.1) is 0 Å². The van der Waals surface area contributed by atoms with Crippen LogP contribution in [0.4, 0.5) is 0 Å². The predicted molar refractivity (Wildman–Crippen MR) is 110 cm³/mol. The van der Waals surface area contributed by atoms with Gasteiger partial charge in [-0.1, -0.05) is 68.4 Å². The summed E-state index contributed by atoms with van der Waals surface area (Å²) in [6.07, 6.45) is 1.89. The maximum absolute atomic E-state index is 12.2. The average molecular weight is 374 g/mol. The molecule has 5 nitrogen and oxygen atoms in total. The Balaban J connectivity index is 1.56. The summed E-state index contributed by atoms with van der Waals surface area (Å²) in [5.74, 6) is 0.366. The van der Waals surface area contributed by atoms with Crippen molar-refractivity contribution in [2.75, 3.05) is 6.54 Å². The number of rotatable bonds is 5. The van der Waals surface area contributed by atoms with Gasteiger partial charge in [0.15, 0.2) is 0 Å². The Morgan fingerprint density at radius 2 is 1.75 bits per heavy atom. The summed E-state index contributed by atoms with van der Waals surface area (Å²) < 4.78 is 1.84. The van der Waals surface area contributed by atoms with Gasteiger partial charge in [-0.2, -0.15) is 5.10 Å². The first-order chi connectivity index (χ1) is 13.5. The highest BCUT2D eigenvalue weighted by Gasteiger charge is 2.34. The van der Waals surface area contributed by atoms with Crippen LogP contribution in [0.3, 0.4) is 0 Å². The largest absolute Gasteiger partial charge is 0.335 e. The zero-order valence-electron chi connectivity index (χ0n) is 16.6. The molecule has 0 radical (unpaired) electrons. The maximum Gasteiger partial charge on any atom is 0.235 e. The molecule has 1 fully saturated rings. The Bertz CT molecular complexity index is 960. The van der Waals surface area contributed by atoms with Crippen LogP contribution in [0.5, 0.6) is 0 Å². The summed E-state index contributed by atoms with van der Waals surface area (Å²) >= 11 is 0. The summed E-state index contributed by atoms with van der Waals surface area (Å²) in [5.41, 5.74) is 5.73. The molecule has 1 aromatic heterocycles.